The highest BCUT2D eigenvalue weighted by Crippen LogP contribution is 2.25. The predicted molar refractivity (Wildman–Crippen MR) is 98.3 cm³/mol. The Balaban J connectivity index is 1.39. The van der Waals surface area contributed by atoms with Crippen LogP contribution in [0, 0.1) is 17.6 Å². The topological polar surface area (TPSA) is 47.6 Å². The maximum Gasteiger partial charge on any atom is 0.315 e. The molecular formula is C19H28F2N4O. The van der Waals surface area contributed by atoms with E-state index in [9.17, 15) is 13.6 Å². The molecule has 1 aromatic carbocycles. The lowest BCUT2D eigenvalue weighted by atomic mass is 10.1. The summed E-state index contributed by atoms with van der Waals surface area (Å²) >= 11 is 0. The van der Waals surface area contributed by atoms with Gasteiger partial charge in [0.25, 0.3) is 0 Å². The lowest BCUT2D eigenvalue weighted by molar-refractivity contribution is 0.198. The van der Waals surface area contributed by atoms with Gasteiger partial charge in [0.2, 0.25) is 0 Å². The fraction of sp³-hybridized carbons (Fsp3) is 0.632. The normalized spacial score (nSPS) is 21.8. The molecule has 26 heavy (non-hydrogen) atoms. The number of hydrogen-bond donors (Lipinski definition) is 2. The van der Waals surface area contributed by atoms with Crippen LogP contribution in [-0.2, 0) is 0 Å². The number of urea groups is 1. The number of carbonyl (C=O) groups is 1. The zero-order valence-electron chi connectivity index (χ0n) is 15.3. The van der Waals surface area contributed by atoms with Crippen LogP contribution in [0.3, 0.4) is 0 Å². The lowest BCUT2D eigenvalue weighted by Crippen LogP contribution is -2.48. The second-order valence-corrected chi connectivity index (χ2v) is 7.26. The minimum atomic E-state index is -0.826. The van der Waals surface area contributed by atoms with Gasteiger partial charge in [-0.05, 0) is 43.9 Å². The Morgan fingerprint density at radius 1 is 1.15 bits per heavy atom. The van der Waals surface area contributed by atoms with Crippen LogP contribution in [0.15, 0.2) is 18.2 Å². The molecule has 1 atom stereocenters. The maximum absolute atomic E-state index is 13.4. The van der Waals surface area contributed by atoms with Gasteiger partial charge in [-0.2, -0.15) is 0 Å². The number of likely N-dealkylation sites (tertiary alicyclic amines) is 1. The molecule has 3 rings (SSSR count). The van der Waals surface area contributed by atoms with E-state index in [1.807, 2.05) is 4.90 Å². The molecule has 0 aliphatic carbocycles. The number of piperidine rings is 1. The molecule has 2 fully saturated rings. The van der Waals surface area contributed by atoms with E-state index in [-0.39, 0.29) is 12.1 Å². The Kier molecular flexibility index (Phi) is 6.29. The Morgan fingerprint density at radius 2 is 1.92 bits per heavy atom. The number of carbonyl (C=O) groups excluding carboxylic acids is 1. The fourth-order valence-corrected chi connectivity index (χ4v) is 3.78. The number of anilines is 1. The van der Waals surface area contributed by atoms with Gasteiger partial charge >= 0.3 is 6.03 Å². The third-order valence-electron chi connectivity index (χ3n) is 5.48. The molecule has 2 aliphatic heterocycles. The van der Waals surface area contributed by atoms with E-state index in [2.05, 4.69) is 22.5 Å². The number of halogens is 2. The van der Waals surface area contributed by atoms with Crippen molar-refractivity contribution in [1.82, 2.24) is 15.5 Å². The number of amides is 2. The summed E-state index contributed by atoms with van der Waals surface area (Å²) in [5.74, 6) is -1.33. The zero-order valence-corrected chi connectivity index (χ0v) is 15.3. The van der Waals surface area contributed by atoms with E-state index in [4.69, 9.17) is 0 Å². The van der Waals surface area contributed by atoms with Crippen molar-refractivity contribution in [1.29, 1.82) is 0 Å². The van der Waals surface area contributed by atoms with Crippen LogP contribution < -0.4 is 15.5 Å². The van der Waals surface area contributed by atoms with E-state index in [1.54, 1.807) is 6.07 Å². The van der Waals surface area contributed by atoms with Gasteiger partial charge in [0, 0.05) is 50.5 Å². The smallest absolute Gasteiger partial charge is 0.315 e. The summed E-state index contributed by atoms with van der Waals surface area (Å²) in [5.41, 5.74) is 0.693. The second kappa shape index (κ2) is 8.66. The van der Waals surface area contributed by atoms with Gasteiger partial charge in [0.1, 0.15) is 0 Å². The summed E-state index contributed by atoms with van der Waals surface area (Å²) in [7, 11) is 0. The number of nitrogens with zero attached hydrogens (tertiary/aromatic N) is 2. The van der Waals surface area contributed by atoms with Gasteiger partial charge in [0.15, 0.2) is 11.6 Å². The molecule has 2 N–H and O–H groups in total. The standard InChI is InChI=1S/C19H28F2N4O/c1-2-24-8-6-15(7-9-24)23-19(26)22-12-14-5-10-25(13-14)16-3-4-17(20)18(21)11-16/h3-4,11,14-15H,2,5-10,12-13H2,1H3,(H2,22,23,26)/t14-/m0/s1. The molecule has 2 saturated heterocycles. The van der Waals surface area contributed by atoms with Crippen molar-refractivity contribution >= 4 is 11.7 Å². The van der Waals surface area contributed by atoms with Gasteiger partial charge in [0.05, 0.1) is 0 Å². The average Bonchev–Trinajstić information content (AvgIpc) is 3.12. The summed E-state index contributed by atoms with van der Waals surface area (Å²) < 4.78 is 26.4. The third kappa shape index (κ3) is 4.84. The van der Waals surface area contributed by atoms with E-state index in [0.717, 1.165) is 58.1 Å². The Labute approximate surface area is 153 Å². The van der Waals surface area contributed by atoms with Crippen molar-refractivity contribution in [3.63, 3.8) is 0 Å². The molecule has 7 heteroatoms. The molecule has 5 nitrogen and oxygen atoms in total. The first-order valence-electron chi connectivity index (χ1n) is 9.52. The first kappa shape index (κ1) is 18.9. The van der Waals surface area contributed by atoms with Crippen molar-refractivity contribution in [2.24, 2.45) is 5.92 Å². The molecule has 144 valence electrons. The molecule has 2 amide bonds. The fourth-order valence-electron chi connectivity index (χ4n) is 3.78. The van der Waals surface area contributed by atoms with E-state index >= 15 is 0 Å². The minimum absolute atomic E-state index is 0.105. The van der Waals surface area contributed by atoms with Gasteiger partial charge < -0.3 is 20.4 Å². The largest absolute Gasteiger partial charge is 0.371 e. The van der Waals surface area contributed by atoms with Gasteiger partial charge in [-0.1, -0.05) is 6.92 Å². The van der Waals surface area contributed by atoms with Crippen LogP contribution in [-0.4, -0.2) is 56.2 Å². The molecule has 0 radical (unpaired) electrons. The molecule has 0 unspecified atom stereocenters. The summed E-state index contributed by atoms with van der Waals surface area (Å²) in [6, 6.07) is 4.14. The van der Waals surface area contributed by atoms with Crippen LogP contribution >= 0.6 is 0 Å². The highest BCUT2D eigenvalue weighted by molar-refractivity contribution is 5.74. The number of rotatable bonds is 5. The molecule has 0 aromatic heterocycles. The number of benzene rings is 1. The first-order valence-corrected chi connectivity index (χ1v) is 9.52. The van der Waals surface area contributed by atoms with Crippen molar-refractivity contribution in [3.05, 3.63) is 29.8 Å². The summed E-state index contributed by atoms with van der Waals surface area (Å²) in [5, 5.41) is 6.03. The SMILES string of the molecule is CCN1CCC(NC(=O)NC[C@@H]2CCN(c3ccc(F)c(F)c3)C2)CC1. The van der Waals surface area contributed by atoms with Crippen LogP contribution in [0.1, 0.15) is 26.2 Å². The first-order chi connectivity index (χ1) is 12.5. The Hall–Kier alpha value is -1.89. The molecule has 0 saturated carbocycles. The molecule has 2 aliphatic rings. The molecular weight excluding hydrogens is 338 g/mol. The Morgan fingerprint density at radius 3 is 2.62 bits per heavy atom. The molecule has 2 heterocycles. The van der Waals surface area contributed by atoms with E-state index < -0.39 is 11.6 Å². The second-order valence-electron chi connectivity index (χ2n) is 7.26. The summed E-state index contributed by atoms with van der Waals surface area (Å²) in [6.45, 7) is 7.41. The minimum Gasteiger partial charge on any atom is -0.371 e. The van der Waals surface area contributed by atoms with Crippen molar-refractivity contribution in [2.75, 3.05) is 44.2 Å². The quantitative estimate of drug-likeness (QED) is 0.842. The number of hydrogen-bond acceptors (Lipinski definition) is 3. The maximum atomic E-state index is 13.4. The van der Waals surface area contributed by atoms with Crippen LogP contribution in [0.5, 0.6) is 0 Å². The van der Waals surface area contributed by atoms with Crippen LogP contribution in [0.25, 0.3) is 0 Å². The Bertz CT molecular complexity index is 620. The van der Waals surface area contributed by atoms with Crippen molar-refractivity contribution in [3.8, 4) is 0 Å². The highest BCUT2D eigenvalue weighted by atomic mass is 19.2. The number of nitrogens with one attached hydrogen (secondary N) is 2. The van der Waals surface area contributed by atoms with Gasteiger partial charge in [-0.25, -0.2) is 13.6 Å². The van der Waals surface area contributed by atoms with Gasteiger partial charge in [-0.3, -0.25) is 0 Å². The monoisotopic (exact) mass is 366 g/mol. The predicted octanol–water partition coefficient (Wildman–Crippen LogP) is 2.57. The average molecular weight is 366 g/mol. The molecule has 1 aromatic rings. The summed E-state index contributed by atoms with van der Waals surface area (Å²) in [6.07, 6.45) is 2.91. The van der Waals surface area contributed by atoms with Gasteiger partial charge in [-0.15, -0.1) is 0 Å². The third-order valence-corrected chi connectivity index (χ3v) is 5.48. The lowest BCUT2D eigenvalue weighted by Gasteiger charge is -2.31. The van der Waals surface area contributed by atoms with Crippen LogP contribution in [0.2, 0.25) is 0 Å². The van der Waals surface area contributed by atoms with Crippen LogP contribution in [0.4, 0.5) is 19.3 Å². The molecule has 0 spiro atoms. The summed E-state index contributed by atoms with van der Waals surface area (Å²) in [4.78, 5) is 16.5. The zero-order chi connectivity index (χ0) is 18.5. The highest BCUT2D eigenvalue weighted by Gasteiger charge is 2.24. The molecule has 0 bridgehead atoms. The van der Waals surface area contributed by atoms with E-state index in [0.29, 0.717) is 18.2 Å². The van der Waals surface area contributed by atoms with Crippen molar-refractivity contribution in [2.45, 2.75) is 32.2 Å². The van der Waals surface area contributed by atoms with Crippen molar-refractivity contribution < 1.29 is 13.6 Å². The van der Waals surface area contributed by atoms with E-state index in [1.165, 1.54) is 6.07 Å².